The topological polar surface area (TPSA) is 41.1 Å². The summed E-state index contributed by atoms with van der Waals surface area (Å²) in [5.41, 5.74) is 2.29. The van der Waals surface area contributed by atoms with Crippen LogP contribution in [-0.2, 0) is 0 Å². The number of benzene rings is 1. The molecule has 1 aromatic carbocycles. The highest BCUT2D eigenvalue weighted by Gasteiger charge is 1.93. The molecule has 0 saturated carbocycles. The monoisotopic (exact) mass is 204 g/mol. The SMILES string of the molecule is CCNC(=O)N/C=C/c1ccccc1C. The van der Waals surface area contributed by atoms with Crippen LogP contribution < -0.4 is 10.6 Å². The zero-order valence-electron chi connectivity index (χ0n) is 9.08. The molecule has 15 heavy (non-hydrogen) atoms. The number of urea groups is 1. The molecule has 0 aromatic heterocycles. The number of aryl methyl sites for hydroxylation is 1. The number of hydrogen-bond donors (Lipinski definition) is 2. The minimum Gasteiger partial charge on any atom is -0.338 e. The van der Waals surface area contributed by atoms with Crippen molar-refractivity contribution in [2.45, 2.75) is 13.8 Å². The summed E-state index contributed by atoms with van der Waals surface area (Å²) >= 11 is 0. The number of carbonyl (C=O) groups excluding carboxylic acids is 1. The summed E-state index contributed by atoms with van der Waals surface area (Å²) in [6, 6.07) is 7.82. The Balaban J connectivity index is 2.52. The molecule has 80 valence electrons. The fourth-order valence-corrected chi connectivity index (χ4v) is 1.19. The van der Waals surface area contributed by atoms with Crippen molar-refractivity contribution >= 4 is 12.1 Å². The van der Waals surface area contributed by atoms with Crippen LogP contribution in [-0.4, -0.2) is 12.6 Å². The lowest BCUT2D eigenvalue weighted by Crippen LogP contribution is -2.31. The Bertz CT molecular complexity index is 358. The number of nitrogens with one attached hydrogen (secondary N) is 2. The second-order valence-corrected chi connectivity index (χ2v) is 3.19. The molecule has 0 spiro atoms. The Morgan fingerprint density at radius 1 is 1.40 bits per heavy atom. The highest BCUT2D eigenvalue weighted by molar-refractivity contribution is 5.75. The van der Waals surface area contributed by atoms with Gasteiger partial charge < -0.3 is 10.6 Å². The van der Waals surface area contributed by atoms with Crippen molar-refractivity contribution < 1.29 is 4.79 Å². The molecule has 3 heteroatoms. The van der Waals surface area contributed by atoms with Gasteiger partial charge in [0.05, 0.1) is 0 Å². The van der Waals surface area contributed by atoms with Crippen LogP contribution in [0.1, 0.15) is 18.1 Å². The average Bonchev–Trinajstić information content (AvgIpc) is 2.21. The van der Waals surface area contributed by atoms with Crippen LogP contribution >= 0.6 is 0 Å². The van der Waals surface area contributed by atoms with Crippen LogP contribution in [0.4, 0.5) is 4.79 Å². The highest BCUT2D eigenvalue weighted by atomic mass is 16.2. The van der Waals surface area contributed by atoms with Crippen molar-refractivity contribution in [1.29, 1.82) is 0 Å². The Labute approximate surface area is 90.2 Å². The smallest absolute Gasteiger partial charge is 0.318 e. The minimum atomic E-state index is -0.178. The number of carbonyl (C=O) groups is 1. The second kappa shape index (κ2) is 5.86. The van der Waals surface area contributed by atoms with Crippen LogP contribution in [0.15, 0.2) is 30.5 Å². The van der Waals surface area contributed by atoms with Gasteiger partial charge in [-0.25, -0.2) is 4.79 Å². The molecule has 0 aliphatic rings. The third kappa shape index (κ3) is 3.85. The first-order valence-corrected chi connectivity index (χ1v) is 5.00. The molecule has 0 radical (unpaired) electrons. The first kappa shape index (κ1) is 11.3. The molecule has 2 N–H and O–H groups in total. The van der Waals surface area contributed by atoms with Gasteiger partial charge in [0.15, 0.2) is 0 Å². The molecule has 0 heterocycles. The van der Waals surface area contributed by atoms with Gasteiger partial charge in [0.2, 0.25) is 0 Å². The van der Waals surface area contributed by atoms with Gasteiger partial charge in [0, 0.05) is 12.7 Å². The number of amides is 2. The van der Waals surface area contributed by atoms with Gasteiger partial charge in [-0.2, -0.15) is 0 Å². The fourth-order valence-electron chi connectivity index (χ4n) is 1.19. The van der Waals surface area contributed by atoms with E-state index in [1.54, 1.807) is 6.20 Å². The van der Waals surface area contributed by atoms with Gasteiger partial charge in [-0.15, -0.1) is 0 Å². The van der Waals surface area contributed by atoms with E-state index in [2.05, 4.69) is 10.6 Å². The predicted octanol–water partition coefficient (Wildman–Crippen LogP) is 2.28. The Hall–Kier alpha value is -1.77. The molecular weight excluding hydrogens is 188 g/mol. The first-order chi connectivity index (χ1) is 7.24. The van der Waals surface area contributed by atoms with E-state index >= 15 is 0 Å². The molecule has 0 saturated heterocycles. The molecule has 0 aliphatic heterocycles. The van der Waals surface area contributed by atoms with E-state index < -0.39 is 0 Å². The van der Waals surface area contributed by atoms with Crippen LogP contribution in [0.2, 0.25) is 0 Å². The second-order valence-electron chi connectivity index (χ2n) is 3.19. The zero-order chi connectivity index (χ0) is 11.1. The van der Waals surface area contributed by atoms with Crippen molar-refractivity contribution in [3.05, 3.63) is 41.6 Å². The maximum absolute atomic E-state index is 11.0. The van der Waals surface area contributed by atoms with Crippen LogP contribution in [0.25, 0.3) is 6.08 Å². The molecule has 1 aromatic rings. The third-order valence-corrected chi connectivity index (χ3v) is 2.00. The Morgan fingerprint density at radius 3 is 2.80 bits per heavy atom. The molecule has 0 unspecified atom stereocenters. The minimum absolute atomic E-state index is 0.178. The van der Waals surface area contributed by atoms with E-state index in [4.69, 9.17) is 0 Å². The van der Waals surface area contributed by atoms with Crippen LogP contribution in [0, 0.1) is 6.92 Å². The van der Waals surface area contributed by atoms with Gasteiger partial charge in [-0.05, 0) is 31.1 Å². The van der Waals surface area contributed by atoms with E-state index in [1.807, 2.05) is 44.2 Å². The lowest BCUT2D eigenvalue weighted by molar-refractivity contribution is 0.244. The molecule has 0 atom stereocenters. The molecule has 0 aliphatic carbocycles. The van der Waals surface area contributed by atoms with Crippen molar-refractivity contribution in [1.82, 2.24) is 10.6 Å². The van der Waals surface area contributed by atoms with E-state index in [0.29, 0.717) is 6.54 Å². The molecule has 3 nitrogen and oxygen atoms in total. The summed E-state index contributed by atoms with van der Waals surface area (Å²) < 4.78 is 0. The van der Waals surface area contributed by atoms with Crippen molar-refractivity contribution in [3.8, 4) is 0 Å². The summed E-state index contributed by atoms with van der Waals surface area (Å²) in [4.78, 5) is 11.0. The summed E-state index contributed by atoms with van der Waals surface area (Å²) in [5, 5.41) is 5.27. The summed E-state index contributed by atoms with van der Waals surface area (Å²) in [6.07, 6.45) is 3.53. The van der Waals surface area contributed by atoms with E-state index in [1.165, 1.54) is 5.56 Å². The van der Waals surface area contributed by atoms with E-state index in [-0.39, 0.29) is 6.03 Å². The van der Waals surface area contributed by atoms with Crippen LogP contribution in [0.5, 0.6) is 0 Å². The van der Waals surface area contributed by atoms with Gasteiger partial charge >= 0.3 is 6.03 Å². The maximum Gasteiger partial charge on any atom is 0.318 e. The molecule has 2 amide bonds. The summed E-state index contributed by atoms with van der Waals surface area (Å²) in [6.45, 7) is 4.54. The Kier molecular flexibility index (Phi) is 4.41. The van der Waals surface area contributed by atoms with Gasteiger partial charge in [0.1, 0.15) is 0 Å². The fraction of sp³-hybridized carbons (Fsp3) is 0.250. The Morgan fingerprint density at radius 2 is 2.13 bits per heavy atom. The first-order valence-electron chi connectivity index (χ1n) is 5.00. The van der Waals surface area contributed by atoms with Crippen molar-refractivity contribution in [2.24, 2.45) is 0 Å². The van der Waals surface area contributed by atoms with Gasteiger partial charge in [-0.3, -0.25) is 0 Å². The molecule has 0 fully saturated rings. The number of hydrogen-bond acceptors (Lipinski definition) is 1. The molecule has 0 bridgehead atoms. The van der Waals surface area contributed by atoms with E-state index in [0.717, 1.165) is 5.56 Å². The predicted molar refractivity (Wildman–Crippen MR) is 62.4 cm³/mol. The van der Waals surface area contributed by atoms with Crippen molar-refractivity contribution in [3.63, 3.8) is 0 Å². The quantitative estimate of drug-likeness (QED) is 0.779. The summed E-state index contributed by atoms with van der Waals surface area (Å²) in [5.74, 6) is 0. The lowest BCUT2D eigenvalue weighted by atomic mass is 10.1. The van der Waals surface area contributed by atoms with Crippen LogP contribution in [0.3, 0.4) is 0 Å². The standard InChI is InChI=1S/C12H16N2O/c1-3-13-12(15)14-9-8-11-7-5-4-6-10(11)2/h4-9H,3H2,1-2H3,(H2,13,14,15)/b9-8+. The maximum atomic E-state index is 11.0. The molecular formula is C12H16N2O. The third-order valence-electron chi connectivity index (χ3n) is 2.00. The average molecular weight is 204 g/mol. The lowest BCUT2D eigenvalue weighted by Gasteiger charge is -2.01. The highest BCUT2D eigenvalue weighted by Crippen LogP contribution is 2.07. The van der Waals surface area contributed by atoms with Gasteiger partial charge in [-0.1, -0.05) is 24.3 Å². The largest absolute Gasteiger partial charge is 0.338 e. The normalized spacial score (nSPS) is 10.3. The summed E-state index contributed by atoms with van der Waals surface area (Å²) in [7, 11) is 0. The van der Waals surface area contributed by atoms with Crippen molar-refractivity contribution in [2.75, 3.05) is 6.54 Å². The number of rotatable bonds is 3. The molecule has 1 rings (SSSR count). The zero-order valence-corrected chi connectivity index (χ0v) is 9.08. The van der Waals surface area contributed by atoms with E-state index in [9.17, 15) is 4.79 Å². The van der Waals surface area contributed by atoms with Gasteiger partial charge in [0.25, 0.3) is 0 Å².